The minimum Gasteiger partial charge on any atom is -0.383 e. The van der Waals surface area contributed by atoms with Gasteiger partial charge in [-0.15, -0.1) is 0 Å². The maximum absolute atomic E-state index is 13.6. The molecule has 12 nitrogen and oxygen atoms in total. The van der Waals surface area contributed by atoms with E-state index in [1.165, 1.54) is 12.4 Å². The van der Waals surface area contributed by atoms with Crippen molar-refractivity contribution in [3.63, 3.8) is 0 Å². The molecule has 0 aliphatic heterocycles. The highest BCUT2D eigenvalue weighted by atomic mass is 16.2. The molecule has 0 saturated carbocycles. The van der Waals surface area contributed by atoms with Crippen molar-refractivity contribution in [3.05, 3.63) is 53.5 Å². The summed E-state index contributed by atoms with van der Waals surface area (Å²) >= 11 is 0. The van der Waals surface area contributed by atoms with Crippen molar-refractivity contribution in [2.45, 2.75) is 53.2 Å². The minimum absolute atomic E-state index is 0.00670. The molecule has 1 aromatic carbocycles. The number of anilines is 2. The van der Waals surface area contributed by atoms with Gasteiger partial charge in [-0.05, 0) is 63.5 Å². The largest absolute Gasteiger partial charge is 0.383 e. The first-order valence-corrected chi connectivity index (χ1v) is 13.2. The van der Waals surface area contributed by atoms with E-state index in [1.54, 1.807) is 34.6 Å². The Balaban J connectivity index is 2.03. The van der Waals surface area contributed by atoms with Crippen molar-refractivity contribution in [2.75, 3.05) is 38.2 Å². The Bertz CT molecular complexity index is 1430. The first-order valence-electron chi connectivity index (χ1n) is 13.2. The summed E-state index contributed by atoms with van der Waals surface area (Å²) < 4.78 is 1.58. The van der Waals surface area contributed by atoms with Crippen LogP contribution in [0.25, 0.3) is 11.0 Å². The topological polar surface area (TPSA) is 151 Å². The van der Waals surface area contributed by atoms with Crippen LogP contribution in [-0.4, -0.2) is 80.5 Å². The number of nitrogens with one attached hydrogen (secondary N) is 2. The van der Waals surface area contributed by atoms with Crippen LogP contribution in [0.15, 0.2) is 31.1 Å². The molecule has 4 N–H and O–H groups in total. The number of benzene rings is 1. The third-order valence-electron chi connectivity index (χ3n) is 6.80. The number of carbonyl (C=O) groups excluding carboxylic acids is 3. The molecule has 40 heavy (non-hydrogen) atoms. The molecule has 0 saturated heterocycles. The maximum Gasteiger partial charge on any atom is 0.277 e. The average molecular weight is 550 g/mol. The van der Waals surface area contributed by atoms with E-state index >= 15 is 0 Å². The van der Waals surface area contributed by atoms with Gasteiger partial charge in [-0.25, -0.2) is 14.6 Å². The van der Waals surface area contributed by atoms with Crippen LogP contribution in [0.2, 0.25) is 0 Å². The Morgan fingerprint density at radius 2 is 1.85 bits per heavy atom. The van der Waals surface area contributed by atoms with Crippen molar-refractivity contribution < 1.29 is 14.4 Å². The smallest absolute Gasteiger partial charge is 0.277 e. The predicted octanol–water partition coefficient (Wildman–Crippen LogP) is 2.44. The zero-order valence-electron chi connectivity index (χ0n) is 24.3. The first-order chi connectivity index (χ1) is 18.9. The molecule has 2 heterocycles. The molecule has 3 rings (SSSR count). The molecular formula is C28H39N9O3. The summed E-state index contributed by atoms with van der Waals surface area (Å²) in [4.78, 5) is 49.9. The van der Waals surface area contributed by atoms with E-state index in [4.69, 9.17) is 5.73 Å². The number of hydrogen-bond acceptors (Lipinski definition) is 8. The van der Waals surface area contributed by atoms with Gasteiger partial charge < -0.3 is 20.9 Å². The van der Waals surface area contributed by atoms with Gasteiger partial charge >= 0.3 is 0 Å². The van der Waals surface area contributed by atoms with Gasteiger partial charge in [0.1, 0.15) is 18.3 Å². The van der Waals surface area contributed by atoms with Gasteiger partial charge in [0, 0.05) is 32.4 Å². The summed E-state index contributed by atoms with van der Waals surface area (Å²) in [5.41, 5.74) is 9.88. The van der Waals surface area contributed by atoms with Gasteiger partial charge in [-0.2, -0.15) is 5.10 Å². The quantitative estimate of drug-likeness (QED) is 0.309. The molecule has 3 amide bonds. The number of aromatic nitrogens is 4. The normalized spacial score (nSPS) is 11.9. The second-order valence-corrected chi connectivity index (χ2v) is 10.1. The van der Waals surface area contributed by atoms with Gasteiger partial charge in [0.25, 0.3) is 5.91 Å². The monoisotopic (exact) mass is 549 g/mol. The third kappa shape index (κ3) is 6.45. The predicted molar refractivity (Wildman–Crippen MR) is 156 cm³/mol. The lowest BCUT2D eigenvalue weighted by atomic mass is 9.98. The number of nitrogens with zero attached hydrogens (tertiary/aromatic N) is 6. The molecule has 0 radical (unpaired) electrons. The van der Waals surface area contributed by atoms with E-state index in [9.17, 15) is 14.4 Å². The fourth-order valence-electron chi connectivity index (χ4n) is 4.38. The van der Waals surface area contributed by atoms with Gasteiger partial charge in [0.2, 0.25) is 11.8 Å². The van der Waals surface area contributed by atoms with Gasteiger partial charge in [0.15, 0.2) is 11.3 Å². The second-order valence-electron chi connectivity index (χ2n) is 10.1. The molecule has 0 spiro atoms. The third-order valence-corrected chi connectivity index (χ3v) is 6.80. The van der Waals surface area contributed by atoms with Crippen LogP contribution in [0.5, 0.6) is 0 Å². The van der Waals surface area contributed by atoms with Crippen molar-refractivity contribution in [2.24, 2.45) is 0 Å². The van der Waals surface area contributed by atoms with Crippen LogP contribution in [0, 0.1) is 13.8 Å². The molecule has 0 aliphatic carbocycles. The van der Waals surface area contributed by atoms with Crippen molar-refractivity contribution in [1.82, 2.24) is 34.9 Å². The average Bonchev–Trinajstić information content (AvgIpc) is 3.31. The van der Waals surface area contributed by atoms with Crippen LogP contribution in [0.4, 0.5) is 11.5 Å². The zero-order chi connectivity index (χ0) is 29.7. The molecule has 0 aliphatic rings. The Labute approximate surface area is 234 Å². The van der Waals surface area contributed by atoms with Crippen molar-refractivity contribution in [1.29, 1.82) is 0 Å². The lowest BCUT2D eigenvalue weighted by Crippen LogP contribution is -2.43. The number of fused-ring (bicyclic) bond motifs is 1. The highest BCUT2D eigenvalue weighted by molar-refractivity contribution is 6.13. The van der Waals surface area contributed by atoms with E-state index in [2.05, 4.69) is 32.3 Å². The van der Waals surface area contributed by atoms with E-state index in [0.717, 1.165) is 16.7 Å². The number of nitrogens with two attached hydrogens (primary N) is 1. The Hall–Kier alpha value is -4.32. The zero-order valence-corrected chi connectivity index (χ0v) is 24.3. The number of amides is 3. The second kappa shape index (κ2) is 12.7. The highest BCUT2D eigenvalue weighted by Crippen LogP contribution is 2.27. The first kappa shape index (κ1) is 30.2. The van der Waals surface area contributed by atoms with Crippen LogP contribution >= 0.6 is 0 Å². The standard InChI is InChI=1S/C28H39N9O3/c1-9-22(38)36(10-2)14-21(32-16(3)4)37-27-24(26(29)30-15-31-27)25(34-37)28(40)33-20-12-11-19(17(5)18(20)6)13-23(39)35(7)8/h9,11-12,15-16,21,32H,1,10,13-14H2,2-8H3,(H,33,40)(H2,29,30,31). The van der Waals surface area contributed by atoms with E-state index < -0.39 is 12.1 Å². The summed E-state index contributed by atoms with van der Waals surface area (Å²) in [6.45, 7) is 13.9. The van der Waals surface area contributed by atoms with Gasteiger partial charge in [-0.1, -0.05) is 12.6 Å². The van der Waals surface area contributed by atoms with E-state index in [1.807, 2.05) is 40.7 Å². The molecule has 3 aromatic rings. The summed E-state index contributed by atoms with van der Waals surface area (Å²) in [6.07, 6.45) is 2.34. The SMILES string of the molecule is C=CC(=O)N(CC)CC(NC(C)C)n1nc(C(=O)Nc2ccc(CC(=O)N(C)C)c(C)c2C)c2c(N)ncnc21. The van der Waals surface area contributed by atoms with Gasteiger partial charge in [-0.3, -0.25) is 19.7 Å². The highest BCUT2D eigenvalue weighted by Gasteiger charge is 2.27. The van der Waals surface area contributed by atoms with E-state index in [-0.39, 0.29) is 42.3 Å². The fraction of sp³-hybridized carbons (Fsp3) is 0.429. The summed E-state index contributed by atoms with van der Waals surface area (Å²) in [5.74, 6) is -0.594. The Morgan fingerprint density at radius 3 is 2.45 bits per heavy atom. The maximum atomic E-state index is 13.6. The van der Waals surface area contributed by atoms with Gasteiger partial charge in [0.05, 0.1) is 18.4 Å². The Morgan fingerprint density at radius 1 is 1.15 bits per heavy atom. The molecular weight excluding hydrogens is 510 g/mol. The van der Waals surface area contributed by atoms with E-state index in [0.29, 0.717) is 23.3 Å². The fourth-order valence-corrected chi connectivity index (χ4v) is 4.38. The summed E-state index contributed by atoms with van der Waals surface area (Å²) in [6, 6.07) is 3.65. The van der Waals surface area contributed by atoms with Crippen LogP contribution in [-0.2, 0) is 16.0 Å². The number of hydrogen-bond donors (Lipinski definition) is 3. The molecule has 12 heteroatoms. The molecule has 2 aromatic heterocycles. The molecule has 214 valence electrons. The molecule has 1 atom stereocenters. The summed E-state index contributed by atoms with van der Waals surface area (Å²) in [5, 5.41) is 11.3. The number of rotatable bonds is 11. The summed E-state index contributed by atoms with van der Waals surface area (Å²) in [7, 11) is 3.44. The molecule has 0 fully saturated rings. The molecule has 0 bridgehead atoms. The van der Waals surface area contributed by atoms with Crippen molar-refractivity contribution >= 4 is 40.3 Å². The van der Waals surface area contributed by atoms with Crippen LogP contribution < -0.4 is 16.4 Å². The Kier molecular flexibility index (Phi) is 9.59. The van der Waals surface area contributed by atoms with Crippen LogP contribution in [0.1, 0.15) is 54.1 Å². The lowest BCUT2D eigenvalue weighted by Gasteiger charge is -2.28. The van der Waals surface area contributed by atoms with Crippen LogP contribution in [0.3, 0.4) is 0 Å². The van der Waals surface area contributed by atoms with Crippen molar-refractivity contribution in [3.8, 4) is 0 Å². The lowest BCUT2D eigenvalue weighted by molar-refractivity contribution is -0.128. The number of carbonyl (C=O) groups is 3. The number of nitrogen functional groups attached to an aromatic ring is 1. The number of likely N-dealkylation sites (N-methyl/N-ethyl adjacent to an activating group) is 2. The molecule has 1 unspecified atom stereocenters. The minimum atomic E-state index is -0.514.